The van der Waals surface area contributed by atoms with E-state index in [9.17, 15) is 13.6 Å². The van der Waals surface area contributed by atoms with Crippen LogP contribution >= 0.6 is 0 Å². The zero-order valence-electron chi connectivity index (χ0n) is 8.00. The van der Waals surface area contributed by atoms with Crippen LogP contribution in [-0.4, -0.2) is 25.3 Å². The average molecular weight is 199 g/mol. The molecule has 0 amide bonds. The highest BCUT2D eigenvalue weighted by Crippen LogP contribution is 2.19. The number of carbonyl (C=O) groups excluding carboxylic acids is 1. The van der Waals surface area contributed by atoms with E-state index in [-0.39, 0.29) is 5.56 Å². The van der Waals surface area contributed by atoms with Gasteiger partial charge in [-0.25, -0.2) is 8.78 Å². The van der Waals surface area contributed by atoms with Crippen molar-refractivity contribution in [2.75, 3.05) is 14.1 Å². The van der Waals surface area contributed by atoms with Gasteiger partial charge in [-0.1, -0.05) is 6.07 Å². The van der Waals surface area contributed by atoms with Crippen LogP contribution < -0.4 is 0 Å². The first-order valence-corrected chi connectivity index (χ1v) is 4.13. The molecular weight excluding hydrogens is 188 g/mol. The van der Waals surface area contributed by atoms with E-state index in [1.165, 1.54) is 6.07 Å². The van der Waals surface area contributed by atoms with Crippen LogP contribution in [0.4, 0.5) is 8.78 Å². The molecule has 1 aromatic rings. The zero-order valence-corrected chi connectivity index (χ0v) is 8.00. The molecule has 0 N–H and O–H groups in total. The van der Waals surface area contributed by atoms with E-state index in [1.54, 1.807) is 19.0 Å². The molecule has 0 aliphatic carbocycles. The van der Waals surface area contributed by atoms with E-state index in [0.29, 0.717) is 6.29 Å². The Morgan fingerprint density at radius 2 is 2.00 bits per heavy atom. The fourth-order valence-corrected chi connectivity index (χ4v) is 1.21. The van der Waals surface area contributed by atoms with Gasteiger partial charge in [-0.3, -0.25) is 4.90 Å². The molecule has 0 fully saturated rings. The van der Waals surface area contributed by atoms with Crippen molar-refractivity contribution in [2.24, 2.45) is 0 Å². The summed E-state index contributed by atoms with van der Waals surface area (Å²) in [6.45, 7) is 0. The summed E-state index contributed by atoms with van der Waals surface area (Å²) in [5, 5.41) is 0. The number of nitrogens with zero attached hydrogens (tertiary/aromatic N) is 1. The van der Waals surface area contributed by atoms with Gasteiger partial charge < -0.3 is 4.79 Å². The molecule has 0 aromatic heterocycles. The van der Waals surface area contributed by atoms with Gasteiger partial charge in [0.15, 0.2) is 0 Å². The van der Waals surface area contributed by atoms with Crippen molar-refractivity contribution in [3.05, 3.63) is 35.4 Å². The van der Waals surface area contributed by atoms with Crippen LogP contribution in [0.1, 0.15) is 11.6 Å². The van der Waals surface area contributed by atoms with Crippen LogP contribution in [0.3, 0.4) is 0 Å². The molecule has 1 atom stereocenters. The van der Waals surface area contributed by atoms with Gasteiger partial charge in [0.1, 0.15) is 17.9 Å². The number of likely N-dealkylation sites (N-methyl/N-ethyl adjacent to an activating group) is 1. The lowest BCUT2D eigenvalue weighted by Crippen LogP contribution is -2.22. The van der Waals surface area contributed by atoms with Crippen molar-refractivity contribution < 1.29 is 13.6 Å². The van der Waals surface area contributed by atoms with Gasteiger partial charge >= 0.3 is 0 Å². The molecule has 0 saturated carbocycles. The summed E-state index contributed by atoms with van der Waals surface area (Å²) >= 11 is 0. The summed E-state index contributed by atoms with van der Waals surface area (Å²) in [6, 6.07) is 2.52. The first-order valence-electron chi connectivity index (χ1n) is 4.13. The Bertz CT molecular complexity index is 339. The van der Waals surface area contributed by atoms with E-state index in [1.807, 2.05) is 0 Å². The summed E-state index contributed by atoms with van der Waals surface area (Å²) in [5.74, 6) is -1.34. The van der Waals surface area contributed by atoms with Gasteiger partial charge in [0.05, 0.1) is 6.04 Å². The quantitative estimate of drug-likeness (QED) is 0.691. The second kappa shape index (κ2) is 4.28. The van der Waals surface area contributed by atoms with E-state index in [2.05, 4.69) is 0 Å². The molecule has 4 heteroatoms. The molecule has 1 unspecified atom stereocenters. The molecule has 0 heterocycles. The van der Waals surface area contributed by atoms with Crippen LogP contribution in [-0.2, 0) is 4.79 Å². The largest absolute Gasteiger partial charge is 0.301 e. The first kappa shape index (κ1) is 10.8. The number of rotatable bonds is 3. The third kappa shape index (κ3) is 2.14. The fourth-order valence-electron chi connectivity index (χ4n) is 1.21. The van der Waals surface area contributed by atoms with Crippen LogP contribution in [0.15, 0.2) is 18.2 Å². The number of hydrogen-bond acceptors (Lipinski definition) is 2. The Morgan fingerprint density at radius 1 is 1.36 bits per heavy atom. The Morgan fingerprint density at radius 3 is 2.43 bits per heavy atom. The normalized spacial score (nSPS) is 12.9. The summed E-state index contributed by atoms with van der Waals surface area (Å²) in [5.41, 5.74) is 0.186. The minimum absolute atomic E-state index is 0.186. The maximum Gasteiger partial charge on any atom is 0.141 e. The Labute approximate surface area is 81.1 Å². The molecular formula is C10H11F2NO. The molecule has 1 aromatic carbocycles. The number of halogens is 2. The third-order valence-corrected chi connectivity index (χ3v) is 1.97. The van der Waals surface area contributed by atoms with Crippen LogP contribution in [0.5, 0.6) is 0 Å². The van der Waals surface area contributed by atoms with Crippen molar-refractivity contribution in [3.8, 4) is 0 Å². The first-order chi connectivity index (χ1) is 6.56. The maximum absolute atomic E-state index is 13.2. The number of carbonyl (C=O) groups is 1. The van der Waals surface area contributed by atoms with Crippen molar-refractivity contribution in [3.63, 3.8) is 0 Å². The number of aldehydes is 1. The molecule has 2 nitrogen and oxygen atoms in total. The molecule has 76 valence electrons. The van der Waals surface area contributed by atoms with Crippen LogP contribution in [0, 0.1) is 11.6 Å². The Balaban J connectivity index is 3.10. The Hall–Kier alpha value is -1.29. The third-order valence-electron chi connectivity index (χ3n) is 1.97. The Kier molecular flexibility index (Phi) is 3.30. The van der Waals surface area contributed by atoms with Crippen LogP contribution in [0.25, 0.3) is 0 Å². The summed E-state index contributed by atoms with van der Waals surface area (Å²) < 4.78 is 25.8. The smallest absolute Gasteiger partial charge is 0.141 e. The van der Waals surface area contributed by atoms with E-state index >= 15 is 0 Å². The zero-order chi connectivity index (χ0) is 10.7. The molecule has 14 heavy (non-hydrogen) atoms. The van der Waals surface area contributed by atoms with Gasteiger partial charge in [0.2, 0.25) is 0 Å². The van der Waals surface area contributed by atoms with Crippen LogP contribution in [0.2, 0.25) is 0 Å². The predicted molar refractivity (Wildman–Crippen MR) is 48.9 cm³/mol. The van der Waals surface area contributed by atoms with Gasteiger partial charge in [0.25, 0.3) is 0 Å². The SMILES string of the molecule is CN(C)C(C=O)c1ccc(F)cc1F. The van der Waals surface area contributed by atoms with Gasteiger partial charge in [0, 0.05) is 11.6 Å². The highest BCUT2D eigenvalue weighted by atomic mass is 19.1. The lowest BCUT2D eigenvalue weighted by atomic mass is 10.1. The number of benzene rings is 1. The minimum Gasteiger partial charge on any atom is -0.301 e. The minimum atomic E-state index is -0.698. The molecule has 0 saturated heterocycles. The summed E-state index contributed by atoms with van der Waals surface area (Å²) in [4.78, 5) is 12.2. The van der Waals surface area contributed by atoms with Crippen molar-refractivity contribution in [1.82, 2.24) is 4.90 Å². The van der Waals surface area contributed by atoms with Crippen molar-refractivity contribution in [2.45, 2.75) is 6.04 Å². The highest BCUT2D eigenvalue weighted by molar-refractivity contribution is 5.61. The summed E-state index contributed by atoms with van der Waals surface area (Å²) in [7, 11) is 3.31. The molecule has 0 aliphatic rings. The predicted octanol–water partition coefficient (Wildman–Crippen LogP) is 1.77. The lowest BCUT2D eigenvalue weighted by molar-refractivity contribution is -0.111. The fraction of sp³-hybridized carbons (Fsp3) is 0.300. The van der Waals surface area contributed by atoms with Gasteiger partial charge in [-0.15, -0.1) is 0 Å². The maximum atomic E-state index is 13.2. The van der Waals surface area contributed by atoms with Crippen molar-refractivity contribution >= 4 is 6.29 Å². The van der Waals surface area contributed by atoms with Gasteiger partial charge in [-0.05, 0) is 20.2 Å². The standard InChI is InChI=1S/C10H11F2NO/c1-13(2)10(6-14)8-4-3-7(11)5-9(8)12/h3-6,10H,1-2H3. The highest BCUT2D eigenvalue weighted by Gasteiger charge is 2.17. The number of hydrogen-bond donors (Lipinski definition) is 0. The molecule has 0 radical (unpaired) electrons. The second-order valence-electron chi connectivity index (χ2n) is 3.21. The van der Waals surface area contributed by atoms with E-state index in [4.69, 9.17) is 0 Å². The monoisotopic (exact) mass is 199 g/mol. The van der Waals surface area contributed by atoms with E-state index < -0.39 is 17.7 Å². The van der Waals surface area contributed by atoms with Gasteiger partial charge in [-0.2, -0.15) is 0 Å². The second-order valence-corrected chi connectivity index (χ2v) is 3.21. The molecule has 0 bridgehead atoms. The average Bonchev–Trinajstić information content (AvgIpc) is 2.09. The lowest BCUT2D eigenvalue weighted by Gasteiger charge is -2.19. The molecule has 1 rings (SSSR count). The topological polar surface area (TPSA) is 20.3 Å². The molecule has 0 aliphatic heterocycles. The summed E-state index contributed by atoms with van der Waals surface area (Å²) in [6.07, 6.45) is 0.621. The molecule has 0 spiro atoms. The van der Waals surface area contributed by atoms with Crippen molar-refractivity contribution in [1.29, 1.82) is 0 Å². The van der Waals surface area contributed by atoms with E-state index in [0.717, 1.165) is 12.1 Å².